The van der Waals surface area contributed by atoms with Crippen molar-refractivity contribution >= 4 is 0 Å². The molecule has 0 radical (unpaired) electrons. The first kappa shape index (κ1) is 9.88. The molecule has 0 amide bonds. The lowest BCUT2D eigenvalue weighted by molar-refractivity contribution is 0.104. The molecule has 3 nitrogen and oxygen atoms in total. The zero-order chi connectivity index (χ0) is 8.20. The normalized spacial score (nSPS) is 12.6. The second-order valence-electron chi connectivity index (χ2n) is 3.28. The second-order valence-corrected chi connectivity index (χ2v) is 3.28. The van der Waals surface area contributed by atoms with Crippen LogP contribution in [-0.2, 0) is 0 Å². The van der Waals surface area contributed by atoms with Crippen LogP contribution >= 0.6 is 0 Å². The van der Waals surface area contributed by atoms with Crippen molar-refractivity contribution in [2.75, 3.05) is 13.2 Å². The molecule has 0 aromatic rings. The van der Waals surface area contributed by atoms with E-state index in [2.05, 4.69) is 0 Å². The van der Waals surface area contributed by atoms with Gasteiger partial charge in [-0.3, -0.25) is 0 Å². The Kier molecular flexibility index (Phi) is 3.86. The van der Waals surface area contributed by atoms with Crippen molar-refractivity contribution in [3.05, 3.63) is 0 Å². The molecule has 0 aliphatic heterocycles. The van der Waals surface area contributed by atoms with Crippen molar-refractivity contribution in [1.29, 1.82) is 0 Å². The van der Waals surface area contributed by atoms with Crippen molar-refractivity contribution in [3.8, 4) is 0 Å². The van der Waals surface area contributed by atoms with Gasteiger partial charge in [0.25, 0.3) is 0 Å². The van der Waals surface area contributed by atoms with Crippen LogP contribution in [0.5, 0.6) is 0 Å². The molecule has 4 N–H and O–H groups in total. The number of hydrogen-bond donors (Lipinski definition) is 3. The van der Waals surface area contributed by atoms with Crippen molar-refractivity contribution < 1.29 is 10.2 Å². The summed E-state index contributed by atoms with van der Waals surface area (Å²) >= 11 is 0. The lowest BCUT2D eigenvalue weighted by atomic mass is 9.92. The van der Waals surface area contributed by atoms with E-state index >= 15 is 0 Å². The van der Waals surface area contributed by atoms with Gasteiger partial charge in [-0.25, -0.2) is 0 Å². The molecule has 0 bridgehead atoms. The Bertz CT molecular complexity index is 89.6. The van der Waals surface area contributed by atoms with E-state index < -0.39 is 5.54 Å². The summed E-state index contributed by atoms with van der Waals surface area (Å²) in [6.07, 6.45) is 0.653. The summed E-state index contributed by atoms with van der Waals surface area (Å²) in [4.78, 5) is 0. The summed E-state index contributed by atoms with van der Waals surface area (Å²) in [5, 5.41) is 17.5. The number of rotatable bonds is 4. The Labute approximate surface area is 61.9 Å². The van der Waals surface area contributed by atoms with Gasteiger partial charge in [0, 0.05) is 0 Å². The predicted octanol–water partition coefficient (Wildman–Crippen LogP) is -0.285. The van der Waals surface area contributed by atoms with Gasteiger partial charge >= 0.3 is 0 Å². The standard InChI is InChI=1S/C7H17NO2/c1-6(2)3-7(8,4-9)5-10/h6,9-10H,3-5,8H2,1-2H3. The van der Waals surface area contributed by atoms with E-state index in [0.717, 1.165) is 0 Å². The van der Waals surface area contributed by atoms with Crippen LogP contribution in [0.1, 0.15) is 20.3 Å². The molecule has 0 rings (SSSR count). The van der Waals surface area contributed by atoms with Crippen LogP contribution in [-0.4, -0.2) is 29.0 Å². The molecule has 0 aliphatic rings. The van der Waals surface area contributed by atoms with Gasteiger partial charge in [0.15, 0.2) is 0 Å². The Morgan fingerprint density at radius 1 is 1.30 bits per heavy atom. The highest BCUT2D eigenvalue weighted by Crippen LogP contribution is 2.12. The molecular weight excluding hydrogens is 130 g/mol. The Hall–Kier alpha value is -0.120. The van der Waals surface area contributed by atoms with E-state index in [1.54, 1.807) is 0 Å². The van der Waals surface area contributed by atoms with E-state index in [0.29, 0.717) is 12.3 Å². The van der Waals surface area contributed by atoms with E-state index in [4.69, 9.17) is 15.9 Å². The van der Waals surface area contributed by atoms with Crippen LogP contribution in [0.15, 0.2) is 0 Å². The quantitative estimate of drug-likeness (QED) is 0.512. The maximum atomic E-state index is 8.75. The molecule has 0 unspecified atom stereocenters. The van der Waals surface area contributed by atoms with Gasteiger partial charge in [-0.1, -0.05) is 13.8 Å². The fourth-order valence-corrected chi connectivity index (χ4v) is 0.992. The minimum atomic E-state index is -0.784. The van der Waals surface area contributed by atoms with E-state index in [-0.39, 0.29) is 13.2 Å². The van der Waals surface area contributed by atoms with Crippen LogP contribution < -0.4 is 5.73 Å². The third-order valence-electron chi connectivity index (χ3n) is 1.44. The Morgan fingerprint density at radius 2 is 1.70 bits per heavy atom. The van der Waals surface area contributed by atoms with Crippen molar-refractivity contribution in [3.63, 3.8) is 0 Å². The summed E-state index contributed by atoms with van der Waals surface area (Å²) in [7, 11) is 0. The second kappa shape index (κ2) is 3.91. The maximum absolute atomic E-state index is 8.75. The van der Waals surface area contributed by atoms with Crippen molar-refractivity contribution in [1.82, 2.24) is 0 Å². The topological polar surface area (TPSA) is 66.5 Å². The van der Waals surface area contributed by atoms with Crippen LogP contribution in [0.3, 0.4) is 0 Å². The number of hydrogen-bond acceptors (Lipinski definition) is 3. The van der Waals surface area contributed by atoms with E-state index in [9.17, 15) is 0 Å². The molecule has 0 aromatic heterocycles. The van der Waals surface area contributed by atoms with Gasteiger partial charge in [0.05, 0.1) is 18.8 Å². The average molecular weight is 147 g/mol. The Morgan fingerprint density at radius 3 is 1.80 bits per heavy atom. The molecule has 0 aliphatic carbocycles. The smallest absolute Gasteiger partial charge is 0.0633 e. The van der Waals surface area contributed by atoms with Crippen LogP contribution in [0.25, 0.3) is 0 Å². The molecule has 0 saturated carbocycles. The molecule has 0 aromatic carbocycles. The average Bonchev–Trinajstić information content (AvgIpc) is 1.87. The Balaban J connectivity index is 3.80. The molecule has 0 fully saturated rings. The van der Waals surface area contributed by atoms with Gasteiger partial charge in [0.2, 0.25) is 0 Å². The lowest BCUT2D eigenvalue weighted by Crippen LogP contribution is -2.48. The highest BCUT2D eigenvalue weighted by Gasteiger charge is 2.23. The summed E-state index contributed by atoms with van der Waals surface area (Å²) in [5.74, 6) is 0.407. The first-order valence-electron chi connectivity index (χ1n) is 3.54. The zero-order valence-electron chi connectivity index (χ0n) is 6.67. The monoisotopic (exact) mass is 147 g/mol. The highest BCUT2D eigenvalue weighted by atomic mass is 16.3. The van der Waals surface area contributed by atoms with Gasteiger partial charge in [-0.15, -0.1) is 0 Å². The number of nitrogens with two attached hydrogens (primary N) is 1. The van der Waals surface area contributed by atoms with E-state index in [1.165, 1.54) is 0 Å². The zero-order valence-corrected chi connectivity index (χ0v) is 6.67. The molecular formula is C7H17NO2. The molecule has 0 atom stereocenters. The van der Waals surface area contributed by atoms with Gasteiger partial charge in [-0.05, 0) is 12.3 Å². The minimum Gasteiger partial charge on any atom is -0.394 e. The van der Waals surface area contributed by atoms with Crippen molar-refractivity contribution in [2.24, 2.45) is 11.7 Å². The summed E-state index contributed by atoms with van der Waals surface area (Å²) in [6, 6.07) is 0. The first-order chi connectivity index (χ1) is 4.54. The lowest BCUT2D eigenvalue weighted by Gasteiger charge is -2.26. The summed E-state index contributed by atoms with van der Waals surface area (Å²) in [5.41, 5.74) is 4.81. The fraction of sp³-hybridized carbons (Fsp3) is 1.00. The van der Waals surface area contributed by atoms with Crippen molar-refractivity contribution in [2.45, 2.75) is 25.8 Å². The molecule has 0 saturated heterocycles. The number of aliphatic hydroxyl groups excluding tert-OH is 2. The first-order valence-corrected chi connectivity index (χ1v) is 3.54. The summed E-state index contributed by atoms with van der Waals surface area (Å²) in [6.45, 7) is 3.71. The minimum absolute atomic E-state index is 0.151. The van der Waals surface area contributed by atoms with Gasteiger partial charge in [-0.2, -0.15) is 0 Å². The molecule has 0 spiro atoms. The molecule has 3 heteroatoms. The predicted molar refractivity (Wildman–Crippen MR) is 40.5 cm³/mol. The van der Waals surface area contributed by atoms with Crippen LogP contribution in [0.4, 0.5) is 0 Å². The van der Waals surface area contributed by atoms with Gasteiger partial charge < -0.3 is 15.9 Å². The largest absolute Gasteiger partial charge is 0.394 e. The highest BCUT2D eigenvalue weighted by molar-refractivity contribution is 4.83. The van der Waals surface area contributed by atoms with Gasteiger partial charge in [0.1, 0.15) is 0 Å². The molecule has 62 valence electrons. The maximum Gasteiger partial charge on any atom is 0.0633 e. The molecule has 10 heavy (non-hydrogen) atoms. The van der Waals surface area contributed by atoms with E-state index in [1.807, 2.05) is 13.8 Å². The van der Waals surface area contributed by atoms with Crippen LogP contribution in [0.2, 0.25) is 0 Å². The van der Waals surface area contributed by atoms with Crippen LogP contribution in [0, 0.1) is 5.92 Å². The molecule has 0 heterocycles. The third-order valence-corrected chi connectivity index (χ3v) is 1.44. The SMILES string of the molecule is CC(C)CC(N)(CO)CO. The number of aliphatic hydroxyl groups is 2. The third kappa shape index (κ3) is 3.15. The summed E-state index contributed by atoms with van der Waals surface area (Å²) < 4.78 is 0. The fourth-order valence-electron chi connectivity index (χ4n) is 0.992.